The van der Waals surface area contributed by atoms with Crippen molar-refractivity contribution in [1.82, 2.24) is 0 Å². The molecule has 12 heavy (non-hydrogen) atoms. The first-order valence-electron chi connectivity index (χ1n) is 3.87. The van der Waals surface area contributed by atoms with Crippen LogP contribution in [0.25, 0.3) is 0 Å². The van der Waals surface area contributed by atoms with Crippen molar-refractivity contribution in [2.24, 2.45) is 0 Å². The first kappa shape index (κ1) is 8.65. The van der Waals surface area contributed by atoms with E-state index in [0.29, 0.717) is 5.69 Å². The second kappa shape index (κ2) is 3.81. The number of hydrogen-bond donors (Lipinski definition) is 1. The molecule has 64 valence electrons. The number of nitrogen functional groups attached to an aromatic ring is 1. The van der Waals surface area contributed by atoms with Crippen molar-refractivity contribution in [3.63, 3.8) is 0 Å². The summed E-state index contributed by atoms with van der Waals surface area (Å²) in [5.41, 5.74) is 6.28. The van der Waals surface area contributed by atoms with Gasteiger partial charge in [-0.1, -0.05) is 18.7 Å². The Kier molecular flexibility index (Phi) is 2.75. The molecule has 0 amide bonds. The minimum Gasteiger partial charge on any atom is -0.487 e. The Bertz CT molecular complexity index is 270. The van der Waals surface area contributed by atoms with Crippen LogP contribution in [0.2, 0.25) is 0 Å². The molecular weight excluding hydrogens is 150 g/mol. The highest BCUT2D eigenvalue weighted by Gasteiger charge is 1.97. The molecule has 0 saturated heterocycles. The Morgan fingerprint density at radius 3 is 2.92 bits per heavy atom. The highest BCUT2D eigenvalue weighted by atomic mass is 16.5. The molecular formula is C10H13NO. The normalized spacial score (nSPS) is 12.1. The van der Waals surface area contributed by atoms with Gasteiger partial charge in [0.2, 0.25) is 0 Å². The van der Waals surface area contributed by atoms with Gasteiger partial charge in [-0.15, -0.1) is 0 Å². The second-order valence-electron chi connectivity index (χ2n) is 2.63. The van der Waals surface area contributed by atoms with Crippen molar-refractivity contribution < 1.29 is 4.74 Å². The highest BCUT2D eigenvalue weighted by Crippen LogP contribution is 2.15. The number of nitrogens with two attached hydrogens (primary N) is 1. The zero-order valence-electron chi connectivity index (χ0n) is 7.16. The van der Waals surface area contributed by atoms with Crippen LogP contribution in [-0.4, -0.2) is 6.10 Å². The number of ether oxygens (including phenoxy) is 1. The lowest BCUT2D eigenvalue weighted by atomic mass is 10.3. The lowest BCUT2D eigenvalue weighted by Gasteiger charge is -2.10. The van der Waals surface area contributed by atoms with Crippen LogP contribution in [0.4, 0.5) is 5.69 Å². The Morgan fingerprint density at radius 1 is 1.58 bits per heavy atom. The van der Waals surface area contributed by atoms with Gasteiger partial charge in [0.15, 0.2) is 0 Å². The summed E-state index contributed by atoms with van der Waals surface area (Å²) in [6.45, 7) is 5.55. The molecule has 1 rings (SSSR count). The molecule has 0 spiro atoms. The zero-order chi connectivity index (χ0) is 8.97. The van der Waals surface area contributed by atoms with Gasteiger partial charge in [-0.25, -0.2) is 0 Å². The quantitative estimate of drug-likeness (QED) is 0.547. The molecule has 1 aromatic rings. The summed E-state index contributed by atoms with van der Waals surface area (Å²) in [6, 6.07) is 7.35. The summed E-state index contributed by atoms with van der Waals surface area (Å²) in [5.74, 6) is 0.780. The number of anilines is 1. The average molecular weight is 163 g/mol. The van der Waals surface area contributed by atoms with Gasteiger partial charge in [0.1, 0.15) is 11.9 Å². The summed E-state index contributed by atoms with van der Waals surface area (Å²) in [7, 11) is 0. The maximum atomic E-state index is 5.57. The zero-order valence-corrected chi connectivity index (χ0v) is 7.16. The third-order valence-electron chi connectivity index (χ3n) is 1.51. The molecule has 0 saturated carbocycles. The minimum atomic E-state index is 0.0202. The van der Waals surface area contributed by atoms with Crippen molar-refractivity contribution in [3.8, 4) is 5.75 Å². The van der Waals surface area contributed by atoms with Crippen molar-refractivity contribution in [2.75, 3.05) is 5.73 Å². The third kappa shape index (κ3) is 2.31. The van der Waals surface area contributed by atoms with Gasteiger partial charge in [0.05, 0.1) is 0 Å². The number of hydrogen-bond acceptors (Lipinski definition) is 2. The van der Waals surface area contributed by atoms with E-state index in [1.54, 1.807) is 12.1 Å². The van der Waals surface area contributed by atoms with Gasteiger partial charge in [-0.05, 0) is 19.1 Å². The van der Waals surface area contributed by atoms with E-state index in [4.69, 9.17) is 10.5 Å². The highest BCUT2D eigenvalue weighted by molar-refractivity contribution is 5.43. The Labute approximate surface area is 72.7 Å². The van der Waals surface area contributed by atoms with Crippen LogP contribution < -0.4 is 10.5 Å². The molecule has 2 nitrogen and oxygen atoms in total. The van der Waals surface area contributed by atoms with Crippen LogP contribution in [0.5, 0.6) is 5.75 Å². The van der Waals surface area contributed by atoms with Gasteiger partial charge < -0.3 is 10.5 Å². The first-order chi connectivity index (χ1) is 5.72. The van der Waals surface area contributed by atoms with Gasteiger partial charge in [-0.3, -0.25) is 0 Å². The van der Waals surface area contributed by atoms with E-state index in [2.05, 4.69) is 6.58 Å². The molecule has 0 aliphatic rings. The SMILES string of the molecule is C=CC(C)Oc1cccc(N)c1. The Balaban J connectivity index is 2.69. The van der Waals surface area contributed by atoms with Crippen molar-refractivity contribution in [1.29, 1.82) is 0 Å². The molecule has 2 heteroatoms. The fraction of sp³-hybridized carbons (Fsp3) is 0.200. The molecule has 0 radical (unpaired) electrons. The van der Waals surface area contributed by atoms with Crippen LogP contribution in [0, 0.1) is 0 Å². The third-order valence-corrected chi connectivity index (χ3v) is 1.51. The Morgan fingerprint density at radius 2 is 2.33 bits per heavy atom. The van der Waals surface area contributed by atoms with E-state index >= 15 is 0 Å². The predicted octanol–water partition coefficient (Wildman–Crippen LogP) is 2.22. The average Bonchev–Trinajstić information content (AvgIpc) is 2.04. The van der Waals surface area contributed by atoms with E-state index in [1.807, 2.05) is 25.1 Å². The van der Waals surface area contributed by atoms with Crippen LogP contribution in [-0.2, 0) is 0 Å². The molecule has 2 N–H and O–H groups in total. The van der Waals surface area contributed by atoms with E-state index in [1.165, 1.54) is 0 Å². The molecule has 0 aromatic heterocycles. The first-order valence-corrected chi connectivity index (χ1v) is 3.87. The van der Waals surface area contributed by atoms with Crippen LogP contribution in [0.3, 0.4) is 0 Å². The summed E-state index contributed by atoms with van der Waals surface area (Å²) in [6.07, 6.45) is 1.76. The minimum absolute atomic E-state index is 0.0202. The summed E-state index contributed by atoms with van der Waals surface area (Å²) in [4.78, 5) is 0. The standard InChI is InChI=1S/C10H13NO/c1-3-8(2)12-10-6-4-5-9(11)7-10/h3-8H,1,11H2,2H3. The predicted molar refractivity (Wildman–Crippen MR) is 51.1 cm³/mol. The molecule has 1 aromatic carbocycles. The number of rotatable bonds is 3. The molecule has 1 unspecified atom stereocenters. The monoisotopic (exact) mass is 163 g/mol. The van der Waals surface area contributed by atoms with Crippen LogP contribution in [0.15, 0.2) is 36.9 Å². The molecule has 0 bridgehead atoms. The molecule has 0 fully saturated rings. The van der Waals surface area contributed by atoms with Gasteiger partial charge in [-0.2, -0.15) is 0 Å². The van der Waals surface area contributed by atoms with Crippen LogP contribution >= 0.6 is 0 Å². The van der Waals surface area contributed by atoms with Gasteiger partial charge in [0.25, 0.3) is 0 Å². The van der Waals surface area contributed by atoms with Crippen molar-refractivity contribution >= 4 is 5.69 Å². The lowest BCUT2D eigenvalue weighted by molar-refractivity contribution is 0.270. The molecule has 0 aliphatic heterocycles. The molecule has 0 heterocycles. The summed E-state index contributed by atoms with van der Waals surface area (Å²) < 4.78 is 5.45. The van der Waals surface area contributed by atoms with E-state index in [-0.39, 0.29) is 6.10 Å². The lowest BCUT2D eigenvalue weighted by Crippen LogP contribution is -2.07. The summed E-state index contributed by atoms with van der Waals surface area (Å²) >= 11 is 0. The fourth-order valence-corrected chi connectivity index (χ4v) is 0.851. The van der Waals surface area contributed by atoms with E-state index in [0.717, 1.165) is 5.75 Å². The van der Waals surface area contributed by atoms with Crippen molar-refractivity contribution in [3.05, 3.63) is 36.9 Å². The van der Waals surface area contributed by atoms with Gasteiger partial charge in [0, 0.05) is 11.8 Å². The van der Waals surface area contributed by atoms with Crippen LogP contribution in [0.1, 0.15) is 6.92 Å². The maximum absolute atomic E-state index is 5.57. The maximum Gasteiger partial charge on any atom is 0.122 e. The van der Waals surface area contributed by atoms with E-state index in [9.17, 15) is 0 Å². The largest absolute Gasteiger partial charge is 0.487 e. The number of benzene rings is 1. The van der Waals surface area contributed by atoms with E-state index < -0.39 is 0 Å². The topological polar surface area (TPSA) is 35.2 Å². The summed E-state index contributed by atoms with van der Waals surface area (Å²) in [5, 5.41) is 0. The molecule has 1 atom stereocenters. The smallest absolute Gasteiger partial charge is 0.122 e. The Hall–Kier alpha value is -1.44. The van der Waals surface area contributed by atoms with Gasteiger partial charge >= 0.3 is 0 Å². The second-order valence-corrected chi connectivity index (χ2v) is 2.63. The fourth-order valence-electron chi connectivity index (χ4n) is 0.851. The van der Waals surface area contributed by atoms with Crippen molar-refractivity contribution in [2.45, 2.75) is 13.0 Å². The molecule has 0 aliphatic carbocycles.